The first-order valence-corrected chi connectivity index (χ1v) is 7.80. The number of hydrogen-bond donors (Lipinski definition) is 1. The highest BCUT2D eigenvalue weighted by Crippen LogP contribution is 2.33. The molecule has 0 bridgehead atoms. The molecule has 3 rings (SSSR count). The highest BCUT2D eigenvalue weighted by molar-refractivity contribution is 5.98. The molecule has 2 aromatic carbocycles. The second kappa shape index (κ2) is 7.13. The van der Waals surface area contributed by atoms with E-state index in [0.717, 1.165) is 16.7 Å². The van der Waals surface area contributed by atoms with Gasteiger partial charge in [0.2, 0.25) is 6.79 Å². The van der Waals surface area contributed by atoms with Crippen molar-refractivity contribution in [1.82, 2.24) is 5.32 Å². The number of hydrogen-bond acceptors (Lipinski definition) is 4. The summed E-state index contributed by atoms with van der Waals surface area (Å²) in [5, 5.41) is 2.89. The summed E-state index contributed by atoms with van der Waals surface area (Å²) < 4.78 is 16.1. The van der Waals surface area contributed by atoms with Crippen LogP contribution in [0.5, 0.6) is 17.2 Å². The van der Waals surface area contributed by atoms with E-state index in [1.165, 1.54) is 7.11 Å². The number of methoxy groups -OCH3 is 1. The fourth-order valence-corrected chi connectivity index (χ4v) is 2.73. The molecule has 0 radical (unpaired) electrons. The SMILES string of the molecule is C=Cc1ccc(C(=O)NCc2ccc3c(c2)OCO3)c(OC)c1C=C. The molecule has 5 nitrogen and oxygen atoms in total. The van der Waals surface area contributed by atoms with Gasteiger partial charge in [-0.25, -0.2) is 0 Å². The van der Waals surface area contributed by atoms with Crippen molar-refractivity contribution >= 4 is 18.1 Å². The summed E-state index contributed by atoms with van der Waals surface area (Å²) in [6, 6.07) is 9.12. The summed E-state index contributed by atoms with van der Waals surface area (Å²) in [5.41, 5.74) is 2.97. The van der Waals surface area contributed by atoms with Crippen molar-refractivity contribution in [1.29, 1.82) is 0 Å². The standard InChI is InChI=1S/C20H19NO4/c1-4-14-7-8-16(19(23-3)15(14)5-2)20(22)21-11-13-6-9-17-18(10-13)25-12-24-17/h4-10H,1-2,11-12H2,3H3,(H,21,22). The fourth-order valence-electron chi connectivity index (χ4n) is 2.73. The minimum Gasteiger partial charge on any atom is -0.495 e. The molecule has 0 atom stereocenters. The van der Waals surface area contributed by atoms with E-state index in [-0.39, 0.29) is 12.7 Å². The van der Waals surface area contributed by atoms with Gasteiger partial charge in [-0.2, -0.15) is 0 Å². The molecule has 5 heteroatoms. The molecule has 1 heterocycles. The van der Waals surface area contributed by atoms with E-state index < -0.39 is 0 Å². The minimum absolute atomic E-state index is 0.225. The lowest BCUT2D eigenvalue weighted by atomic mass is 10.0. The average Bonchev–Trinajstić information content (AvgIpc) is 3.12. The number of fused-ring (bicyclic) bond motifs is 1. The van der Waals surface area contributed by atoms with Gasteiger partial charge >= 0.3 is 0 Å². The maximum Gasteiger partial charge on any atom is 0.255 e. The van der Waals surface area contributed by atoms with E-state index in [2.05, 4.69) is 18.5 Å². The van der Waals surface area contributed by atoms with Crippen molar-refractivity contribution in [3.8, 4) is 17.2 Å². The molecule has 25 heavy (non-hydrogen) atoms. The second-order valence-electron chi connectivity index (χ2n) is 5.43. The van der Waals surface area contributed by atoms with Crippen LogP contribution in [0.1, 0.15) is 27.0 Å². The Kier molecular flexibility index (Phi) is 4.75. The first kappa shape index (κ1) is 16.6. The van der Waals surface area contributed by atoms with Crippen molar-refractivity contribution in [2.75, 3.05) is 13.9 Å². The lowest BCUT2D eigenvalue weighted by Crippen LogP contribution is -2.23. The van der Waals surface area contributed by atoms with Gasteiger partial charge in [0.05, 0.1) is 12.7 Å². The lowest BCUT2D eigenvalue weighted by Gasteiger charge is -2.14. The summed E-state index contributed by atoms with van der Waals surface area (Å²) in [4.78, 5) is 12.6. The third kappa shape index (κ3) is 3.21. The predicted molar refractivity (Wildman–Crippen MR) is 96.9 cm³/mol. The molecule has 1 aliphatic rings. The first-order chi connectivity index (χ1) is 12.2. The molecule has 1 amide bonds. The molecule has 128 valence electrons. The molecular weight excluding hydrogens is 318 g/mol. The minimum atomic E-state index is -0.228. The monoisotopic (exact) mass is 337 g/mol. The Balaban J connectivity index is 1.79. The second-order valence-corrected chi connectivity index (χ2v) is 5.43. The van der Waals surface area contributed by atoms with Gasteiger partial charge in [-0.1, -0.05) is 37.4 Å². The highest BCUT2D eigenvalue weighted by Gasteiger charge is 2.17. The molecular formula is C20H19NO4. The van der Waals surface area contributed by atoms with Gasteiger partial charge < -0.3 is 19.5 Å². The zero-order chi connectivity index (χ0) is 17.8. The zero-order valence-corrected chi connectivity index (χ0v) is 14.0. The Labute approximate surface area is 146 Å². The van der Waals surface area contributed by atoms with Crippen LogP contribution < -0.4 is 19.5 Å². The normalized spacial score (nSPS) is 11.7. The van der Waals surface area contributed by atoms with Gasteiger partial charge in [0.25, 0.3) is 5.91 Å². The van der Waals surface area contributed by atoms with E-state index in [4.69, 9.17) is 14.2 Å². The molecule has 0 saturated carbocycles. The number of ether oxygens (including phenoxy) is 3. The molecule has 0 saturated heterocycles. The van der Waals surface area contributed by atoms with Crippen LogP contribution in [-0.2, 0) is 6.54 Å². The quantitative estimate of drug-likeness (QED) is 0.874. The number of benzene rings is 2. The molecule has 1 aliphatic heterocycles. The van der Waals surface area contributed by atoms with Crippen LogP contribution in [0.4, 0.5) is 0 Å². The first-order valence-electron chi connectivity index (χ1n) is 7.80. The van der Waals surface area contributed by atoms with Crippen molar-refractivity contribution in [2.45, 2.75) is 6.54 Å². The van der Waals surface area contributed by atoms with Gasteiger partial charge in [-0.05, 0) is 29.3 Å². The molecule has 2 aromatic rings. The Bertz CT molecular complexity index is 842. The van der Waals surface area contributed by atoms with E-state index in [1.807, 2.05) is 24.3 Å². The largest absolute Gasteiger partial charge is 0.495 e. The van der Waals surface area contributed by atoms with Gasteiger partial charge in [-0.15, -0.1) is 0 Å². The van der Waals surface area contributed by atoms with Crippen LogP contribution in [0.15, 0.2) is 43.5 Å². The molecule has 0 spiro atoms. The zero-order valence-electron chi connectivity index (χ0n) is 14.0. The lowest BCUT2D eigenvalue weighted by molar-refractivity contribution is 0.0947. The molecule has 0 aliphatic carbocycles. The smallest absolute Gasteiger partial charge is 0.255 e. The highest BCUT2D eigenvalue weighted by atomic mass is 16.7. The predicted octanol–water partition coefficient (Wildman–Crippen LogP) is 3.64. The van der Waals surface area contributed by atoms with Crippen LogP contribution >= 0.6 is 0 Å². The summed E-state index contributed by atoms with van der Waals surface area (Å²) >= 11 is 0. The van der Waals surface area contributed by atoms with Crippen LogP contribution in [0.25, 0.3) is 12.2 Å². The van der Waals surface area contributed by atoms with Gasteiger partial charge in [0, 0.05) is 12.1 Å². The van der Waals surface area contributed by atoms with E-state index >= 15 is 0 Å². The molecule has 0 fully saturated rings. The number of nitrogens with one attached hydrogen (secondary N) is 1. The Hall–Kier alpha value is -3.21. The van der Waals surface area contributed by atoms with E-state index in [0.29, 0.717) is 29.4 Å². The third-order valence-electron chi connectivity index (χ3n) is 3.99. The van der Waals surface area contributed by atoms with Crippen LogP contribution in [0, 0.1) is 0 Å². The Morgan fingerprint density at radius 3 is 2.72 bits per heavy atom. The molecule has 0 aromatic heterocycles. The van der Waals surface area contributed by atoms with E-state index in [1.54, 1.807) is 18.2 Å². The Morgan fingerprint density at radius 1 is 1.20 bits per heavy atom. The fraction of sp³-hybridized carbons (Fsp3) is 0.150. The van der Waals surface area contributed by atoms with Gasteiger partial charge in [0.15, 0.2) is 11.5 Å². The number of carbonyl (C=O) groups excluding carboxylic acids is 1. The summed E-state index contributed by atoms with van der Waals surface area (Å²) in [7, 11) is 1.53. The summed E-state index contributed by atoms with van der Waals surface area (Å²) in [5.74, 6) is 1.66. The summed E-state index contributed by atoms with van der Waals surface area (Å²) in [6.45, 7) is 8.15. The van der Waals surface area contributed by atoms with E-state index in [9.17, 15) is 4.79 Å². The number of amides is 1. The molecule has 1 N–H and O–H groups in total. The molecule has 0 unspecified atom stereocenters. The van der Waals surface area contributed by atoms with Gasteiger partial charge in [0.1, 0.15) is 5.75 Å². The average molecular weight is 337 g/mol. The summed E-state index contributed by atoms with van der Waals surface area (Å²) in [6.07, 6.45) is 3.36. The van der Waals surface area contributed by atoms with Crippen molar-refractivity contribution < 1.29 is 19.0 Å². The number of rotatable bonds is 6. The van der Waals surface area contributed by atoms with Crippen LogP contribution in [-0.4, -0.2) is 19.8 Å². The van der Waals surface area contributed by atoms with Crippen LogP contribution in [0.3, 0.4) is 0 Å². The van der Waals surface area contributed by atoms with Crippen molar-refractivity contribution in [2.24, 2.45) is 0 Å². The van der Waals surface area contributed by atoms with Crippen LogP contribution in [0.2, 0.25) is 0 Å². The van der Waals surface area contributed by atoms with Crippen molar-refractivity contribution in [3.05, 3.63) is 65.7 Å². The van der Waals surface area contributed by atoms with Gasteiger partial charge in [-0.3, -0.25) is 4.79 Å². The maximum absolute atomic E-state index is 12.6. The van der Waals surface area contributed by atoms with Crippen molar-refractivity contribution in [3.63, 3.8) is 0 Å². The maximum atomic E-state index is 12.6. The Morgan fingerprint density at radius 2 is 2.00 bits per heavy atom. The number of carbonyl (C=O) groups is 1. The third-order valence-corrected chi connectivity index (χ3v) is 3.99. The topological polar surface area (TPSA) is 56.8 Å².